The van der Waals surface area contributed by atoms with Crippen molar-refractivity contribution in [1.29, 1.82) is 0 Å². The van der Waals surface area contributed by atoms with Gasteiger partial charge in [0.05, 0.1) is 0 Å². The van der Waals surface area contributed by atoms with Crippen molar-refractivity contribution in [2.75, 3.05) is 5.88 Å². The van der Waals surface area contributed by atoms with E-state index in [4.69, 9.17) is 11.6 Å². The highest BCUT2D eigenvalue weighted by Crippen LogP contribution is 1.91. The molecule has 0 fully saturated rings. The van der Waals surface area contributed by atoms with Gasteiger partial charge in [0.1, 0.15) is 0 Å². The molecule has 1 heteroatoms. The Morgan fingerprint density at radius 2 is 2.22 bits per heavy atom. The summed E-state index contributed by atoms with van der Waals surface area (Å²) in [5.74, 6) is 0.754. The van der Waals surface area contributed by atoms with Gasteiger partial charge in [-0.3, -0.25) is 0 Å². The van der Waals surface area contributed by atoms with Gasteiger partial charge in [0.15, 0.2) is 0 Å². The van der Waals surface area contributed by atoms with E-state index in [1.54, 1.807) is 0 Å². The van der Waals surface area contributed by atoms with Crippen molar-refractivity contribution in [3.8, 4) is 0 Å². The zero-order valence-electron chi connectivity index (χ0n) is 5.86. The molecular formula is C8H13Cl. The van der Waals surface area contributed by atoms with E-state index in [-0.39, 0.29) is 0 Å². The molecule has 0 heterocycles. The number of unbranched alkanes of at least 4 members (excludes halogenated alkanes) is 1. The van der Waals surface area contributed by atoms with Crippen molar-refractivity contribution in [3.63, 3.8) is 0 Å². The Kier molecular flexibility index (Phi) is 7.65. The van der Waals surface area contributed by atoms with Crippen LogP contribution in [-0.4, -0.2) is 5.88 Å². The fourth-order valence-electron chi connectivity index (χ4n) is 0.464. The first kappa shape index (κ1) is 8.81. The Balaban J connectivity index is 3.13. The van der Waals surface area contributed by atoms with E-state index in [9.17, 15) is 0 Å². The average molecular weight is 145 g/mol. The van der Waals surface area contributed by atoms with Crippen LogP contribution in [0.15, 0.2) is 17.9 Å². The van der Waals surface area contributed by atoms with Crippen LogP contribution < -0.4 is 0 Å². The molecule has 0 nitrogen and oxygen atoms in total. The maximum Gasteiger partial charge on any atom is 0.0226 e. The lowest BCUT2D eigenvalue weighted by Gasteiger charge is -1.81. The zero-order valence-corrected chi connectivity index (χ0v) is 6.62. The summed E-state index contributed by atoms with van der Waals surface area (Å²) in [7, 11) is 0. The van der Waals surface area contributed by atoms with E-state index in [2.05, 4.69) is 12.7 Å². The van der Waals surface area contributed by atoms with Gasteiger partial charge in [-0.1, -0.05) is 6.92 Å². The molecule has 0 aliphatic carbocycles. The van der Waals surface area contributed by atoms with Crippen LogP contribution in [0, 0.1) is 0 Å². The van der Waals surface area contributed by atoms with E-state index < -0.39 is 0 Å². The van der Waals surface area contributed by atoms with Gasteiger partial charge in [0, 0.05) is 5.88 Å². The third-order valence-electron chi connectivity index (χ3n) is 0.922. The van der Waals surface area contributed by atoms with Crippen molar-refractivity contribution >= 4 is 11.6 Å². The molecule has 0 aliphatic heterocycles. The second kappa shape index (κ2) is 7.81. The first-order chi connectivity index (χ1) is 4.41. The van der Waals surface area contributed by atoms with Gasteiger partial charge in [-0.15, -0.1) is 17.3 Å². The SMILES string of the molecule is CCC=C=CCCCCl. The lowest BCUT2D eigenvalue weighted by molar-refractivity contribution is 0.967. The Morgan fingerprint density at radius 1 is 1.44 bits per heavy atom. The minimum Gasteiger partial charge on any atom is -0.130 e. The molecule has 52 valence electrons. The first-order valence-electron chi connectivity index (χ1n) is 3.37. The Bertz CT molecular complexity index is 99.1. The van der Waals surface area contributed by atoms with E-state index in [0.717, 1.165) is 25.1 Å². The van der Waals surface area contributed by atoms with Crippen LogP contribution in [0.3, 0.4) is 0 Å². The van der Waals surface area contributed by atoms with Crippen molar-refractivity contribution in [2.45, 2.75) is 26.2 Å². The molecular weight excluding hydrogens is 132 g/mol. The number of hydrogen-bond donors (Lipinski definition) is 0. The molecule has 0 aliphatic rings. The van der Waals surface area contributed by atoms with Crippen LogP contribution in [0.5, 0.6) is 0 Å². The summed E-state index contributed by atoms with van der Waals surface area (Å²) in [4.78, 5) is 0. The third-order valence-corrected chi connectivity index (χ3v) is 1.19. The maximum atomic E-state index is 5.46. The largest absolute Gasteiger partial charge is 0.130 e. The average Bonchev–Trinajstić information content (AvgIpc) is 1.89. The summed E-state index contributed by atoms with van der Waals surface area (Å²) >= 11 is 5.46. The molecule has 0 saturated carbocycles. The molecule has 0 radical (unpaired) electrons. The highest BCUT2D eigenvalue weighted by atomic mass is 35.5. The first-order valence-corrected chi connectivity index (χ1v) is 3.90. The molecule has 0 rings (SSSR count). The normalized spacial score (nSPS) is 8.22. The second-order valence-corrected chi connectivity index (χ2v) is 2.19. The molecule has 0 spiro atoms. The Labute approximate surface area is 62.2 Å². The van der Waals surface area contributed by atoms with E-state index >= 15 is 0 Å². The summed E-state index contributed by atoms with van der Waals surface area (Å²) in [5.41, 5.74) is 3.06. The van der Waals surface area contributed by atoms with E-state index in [1.165, 1.54) is 0 Å². The monoisotopic (exact) mass is 144 g/mol. The van der Waals surface area contributed by atoms with Gasteiger partial charge >= 0.3 is 0 Å². The standard InChI is InChI=1S/C8H13Cl/c1-2-3-4-5-6-7-8-9/h3,5H,2,6-8H2,1H3. The number of halogens is 1. The number of alkyl halides is 1. The molecule has 0 bridgehead atoms. The molecule has 0 aromatic carbocycles. The van der Waals surface area contributed by atoms with Crippen molar-refractivity contribution in [2.24, 2.45) is 0 Å². The van der Waals surface area contributed by atoms with Crippen molar-refractivity contribution < 1.29 is 0 Å². The minimum absolute atomic E-state index is 0.754. The highest BCUT2D eigenvalue weighted by Gasteiger charge is 1.75. The molecule has 0 amide bonds. The van der Waals surface area contributed by atoms with Gasteiger partial charge in [0.25, 0.3) is 0 Å². The fraction of sp³-hybridized carbons (Fsp3) is 0.625. The predicted octanol–water partition coefficient (Wildman–Crippen LogP) is 3.13. The van der Waals surface area contributed by atoms with Crippen LogP contribution in [0.1, 0.15) is 26.2 Å². The van der Waals surface area contributed by atoms with Gasteiger partial charge in [-0.2, -0.15) is 0 Å². The van der Waals surface area contributed by atoms with E-state index in [0.29, 0.717) is 0 Å². The van der Waals surface area contributed by atoms with Crippen molar-refractivity contribution in [1.82, 2.24) is 0 Å². The third kappa shape index (κ3) is 7.81. The summed E-state index contributed by atoms with van der Waals surface area (Å²) in [6.07, 6.45) is 7.24. The second-order valence-electron chi connectivity index (χ2n) is 1.81. The minimum atomic E-state index is 0.754. The van der Waals surface area contributed by atoms with Crippen LogP contribution in [0.4, 0.5) is 0 Å². The zero-order chi connectivity index (χ0) is 6.95. The number of allylic oxidation sites excluding steroid dienone is 1. The molecule has 0 saturated heterocycles. The molecule has 0 unspecified atom stereocenters. The molecule has 9 heavy (non-hydrogen) atoms. The molecule has 0 aromatic heterocycles. The summed E-state index contributed by atoms with van der Waals surface area (Å²) < 4.78 is 0. The van der Waals surface area contributed by atoms with Crippen LogP contribution in [-0.2, 0) is 0 Å². The van der Waals surface area contributed by atoms with Crippen LogP contribution >= 0.6 is 11.6 Å². The van der Waals surface area contributed by atoms with Crippen LogP contribution in [0.2, 0.25) is 0 Å². The van der Waals surface area contributed by atoms with E-state index in [1.807, 2.05) is 12.2 Å². The maximum absolute atomic E-state index is 5.46. The van der Waals surface area contributed by atoms with Gasteiger partial charge in [0.2, 0.25) is 0 Å². The Hall–Kier alpha value is -0.190. The molecule has 0 N–H and O–H groups in total. The van der Waals surface area contributed by atoms with Gasteiger partial charge < -0.3 is 0 Å². The van der Waals surface area contributed by atoms with Gasteiger partial charge in [-0.05, 0) is 31.4 Å². The number of rotatable bonds is 4. The quantitative estimate of drug-likeness (QED) is 0.323. The highest BCUT2D eigenvalue weighted by molar-refractivity contribution is 6.17. The summed E-state index contributed by atoms with van der Waals surface area (Å²) in [5, 5.41) is 0. The predicted molar refractivity (Wildman–Crippen MR) is 42.9 cm³/mol. The van der Waals surface area contributed by atoms with Crippen LogP contribution in [0.25, 0.3) is 0 Å². The summed E-state index contributed by atoms with van der Waals surface area (Å²) in [6, 6.07) is 0. The molecule has 0 atom stereocenters. The van der Waals surface area contributed by atoms with Gasteiger partial charge in [-0.25, -0.2) is 0 Å². The fourth-order valence-corrected chi connectivity index (χ4v) is 0.618. The number of hydrogen-bond acceptors (Lipinski definition) is 0. The summed E-state index contributed by atoms with van der Waals surface area (Å²) in [6.45, 7) is 2.10. The molecule has 0 aromatic rings. The topological polar surface area (TPSA) is 0 Å². The lowest BCUT2D eigenvalue weighted by atomic mass is 10.3. The lowest BCUT2D eigenvalue weighted by Crippen LogP contribution is -1.68. The van der Waals surface area contributed by atoms with Crippen molar-refractivity contribution in [3.05, 3.63) is 17.9 Å². The Morgan fingerprint density at radius 3 is 2.78 bits per heavy atom. The smallest absolute Gasteiger partial charge is 0.0226 e.